The van der Waals surface area contributed by atoms with E-state index in [1.54, 1.807) is 24.3 Å². The van der Waals surface area contributed by atoms with E-state index in [-0.39, 0.29) is 5.69 Å². The van der Waals surface area contributed by atoms with Crippen molar-refractivity contribution in [2.24, 2.45) is 0 Å². The Hall–Kier alpha value is -2.56. The van der Waals surface area contributed by atoms with Crippen molar-refractivity contribution in [3.8, 4) is 5.75 Å². The van der Waals surface area contributed by atoms with E-state index in [0.717, 1.165) is 18.6 Å². The smallest absolute Gasteiger partial charge is 0.255 e. The van der Waals surface area contributed by atoms with Gasteiger partial charge in [0.05, 0.1) is 12.3 Å². The molecule has 0 spiro atoms. The Morgan fingerprint density at radius 2 is 1.88 bits per heavy atom. The Balaban J connectivity index is 1.90. The number of nitrogens with two attached hydrogens (primary N) is 1. The molecule has 0 aliphatic carbocycles. The largest absolute Gasteiger partial charge is 0.494 e. The Morgan fingerprint density at radius 1 is 1.12 bits per heavy atom. The minimum absolute atomic E-state index is 0.0660. The summed E-state index contributed by atoms with van der Waals surface area (Å²) in [5.41, 5.74) is 6.48. The lowest BCUT2D eigenvalue weighted by Crippen LogP contribution is -2.13. The number of carbonyl (C=O) groups excluding carboxylic acids is 1. The van der Waals surface area contributed by atoms with Crippen LogP contribution in [0.3, 0.4) is 0 Å². The highest BCUT2D eigenvalue weighted by Gasteiger charge is 2.10. The maximum Gasteiger partial charge on any atom is 0.255 e. The summed E-state index contributed by atoms with van der Waals surface area (Å²) >= 11 is 0. The summed E-state index contributed by atoms with van der Waals surface area (Å²) in [6.45, 7) is 2.83. The molecule has 24 heavy (non-hydrogen) atoms. The van der Waals surface area contributed by atoms with E-state index in [4.69, 9.17) is 10.5 Å². The van der Waals surface area contributed by atoms with Gasteiger partial charge < -0.3 is 15.8 Å². The van der Waals surface area contributed by atoms with Gasteiger partial charge in [0.1, 0.15) is 11.6 Å². The van der Waals surface area contributed by atoms with Crippen molar-refractivity contribution in [1.82, 2.24) is 0 Å². The van der Waals surface area contributed by atoms with E-state index in [1.165, 1.54) is 31.0 Å². The van der Waals surface area contributed by atoms with Crippen LogP contribution in [0.4, 0.5) is 15.8 Å². The van der Waals surface area contributed by atoms with Gasteiger partial charge in [0, 0.05) is 11.3 Å². The Morgan fingerprint density at radius 3 is 2.58 bits per heavy atom. The zero-order valence-electron chi connectivity index (χ0n) is 13.8. The summed E-state index contributed by atoms with van der Waals surface area (Å²) in [6.07, 6.45) is 4.58. The maximum absolute atomic E-state index is 13.6. The second-order valence-corrected chi connectivity index (χ2v) is 5.63. The molecule has 0 fully saturated rings. The summed E-state index contributed by atoms with van der Waals surface area (Å²) in [5.74, 6) is -0.197. The second-order valence-electron chi connectivity index (χ2n) is 5.63. The number of benzene rings is 2. The number of ether oxygens (including phenoxy) is 1. The molecule has 0 bridgehead atoms. The predicted octanol–water partition coefficient (Wildman–Crippen LogP) is 4.62. The number of amides is 1. The lowest BCUT2D eigenvalue weighted by atomic mass is 10.2. The number of rotatable bonds is 8. The highest BCUT2D eigenvalue weighted by atomic mass is 19.1. The Bertz CT molecular complexity index is 672. The molecule has 2 aromatic rings. The fourth-order valence-corrected chi connectivity index (χ4v) is 2.25. The van der Waals surface area contributed by atoms with Crippen LogP contribution in [-0.2, 0) is 0 Å². The molecule has 0 aromatic heterocycles. The molecule has 0 saturated heterocycles. The quantitative estimate of drug-likeness (QED) is 0.548. The molecule has 0 saturated carbocycles. The van der Waals surface area contributed by atoms with E-state index >= 15 is 0 Å². The number of nitrogens with one attached hydrogen (secondary N) is 1. The van der Waals surface area contributed by atoms with Crippen LogP contribution in [0, 0.1) is 5.82 Å². The first-order chi connectivity index (χ1) is 11.6. The normalized spacial score (nSPS) is 10.4. The van der Waals surface area contributed by atoms with E-state index in [1.807, 2.05) is 0 Å². The molecule has 2 rings (SSSR count). The first-order valence-corrected chi connectivity index (χ1v) is 8.19. The summed E-state index contributed by atoms with van der Waals surface area (Å²) in [4.78, 5) is 12.2. The van der Waals surface area contributed by atoms with Crippen LogP contribution in [0.25, 0.3) is 0 Å². The number of carbonyl (C=O) groups is 1. The SMILES string of the molecule is CCCCCCOc1ccc(C(=O)Nc2cc(N)ccc2F)cc1. The van der Waals surface area contributed by atoms with E-state index in [2.05, 4.69) is 12.2 Å². The minimum atomic E-state index is -0.524. The molecular formula is C19H23FN2O2. The van der Waals surface area contributed by atoms with Gasteiger partial charge in [0.2, 0.25) is 0 Å². The lowest BCUT2D eigenvalue weighted by molar-refractivity contribution is 0.102. The van der Waals surface area contributed by atoms with Crippen LogP contribution in [-0.4, -0.2) is 12.5 Å². The van der Waals surface area contributed by atoms with Crippen molar-refractivity contribution >= 4 is 17.3 Å². The van der Waals surface area contributed by atoms with Crippen molar-refractivity contribution in [3.63, 3.8) is 0 Å². The van der Waals surface area contributed by atoms with Crippen molar-refractivity contribution in [1.29, 1.82) is 0 Å². The van der Waals surface area contributed by atoms with E-state index in [0.29, 0.717) is 17.9 Å². The van der Waals surface area contributed by atoms with Crippen LogP contribution in [0.2, 0.25) is 0 Å². The standard InChI is InChI=1S/C19H23FN2O2/c1-2-3-4-5-12-24-16-9-6-14(7-10-16)19(23)22-18-13-15(21)8-11-17(18)20/h6-11,13H,2-5,12,21H2,1H3,(H,22,23). The average molecular weight is 330 g/mol. The molecule has 128 valence electrons. The summed E-state index contributed by atoms with van der Waals surface area (Å²) < 4.78 is 19.3. The fourth-order valence-electron chi connectivity index (χ4n) is 2.25. The minimum Gasteiger partial charge on any atom is -0.494 e. The van der Waals surface area contributed by atoms with Gasteiger partial charge in [0.25, 0.3) is 5.91 Å². The second kappa shape index (κ2) is 8.91. The third-order valence-electron chi connectivity index (χ3n) is 3.62. The van der Waals surface area contributed by atoms with Gasteiger partial charge in [-0.1, -0.05) is 26.2 Å². The number of hydrogen-bond donors (Lipinski definition) is 2. The molecule has 5 heteroatoms. The summed E-state index contributed by atoms with van der Waals surface area (Å²) in [6, 6.07) is 10.8. The average Bonchev–Trinajstić information content (AvgIpc) is 2.58. The molecule has 0 aliphatic heterocycles. The molecule has 4 nitrogen and oxygen atoms in total. The Kier molecular flexibility index (Phi) is 6.61. The van der Waals surface area contributed by atoms with Crippen molar-refractivity contribution in [2.75, 3.05) is 17.7 Å². The van der Waals surface area contributed by atoms with Gasteiger partial charge in [-0.3, -0.25) is 4.79 Å². The number of hydrogen-bond acceptors (Lipinski definition) is 3. The summed E-state index contributed by atoms with van der Waals surface area (Å²) in [5, 5.41) is 2.52. The van der Waals surface area contributed by atoms with Crippen molar-refractivity contribution in [3.05, 3.63) is 53.8 Å². The van der Waals surface area contributed by atoms with Gasteiger partial charge in [0.15, 0.2) is 0 Å². The van der Waals surface area contributed by atoms with Crippen LogP contribution in [0.15, 0.2) is 42.5 Å². The van der Waals surface area contributed by atoms with Gasteiger partial charge in [-0.15, -0.1) is 0 Å². The zero-order chi connectivity index (χ0) is 17.4. The molecule has 0 heterocycles. The third-order valence-corrected chi connectivity index (χ3v) is 3.62. The molecule has 0 aliphatic rings. The maximum atomic E-state index is 13.6. The zero-order valence-corrected chi connectivity index (χ0v) is 13.8. The monoisotopic (exact) mass is 330 g/mol. The van der Waals surface area contributed by atoms with Crippen molar-refractivity contribution in [2.45, 2.75) is 32.6 Å². The fraction of sp³-hybridized carbons (Fsp3) is 0.316. The molecule has 0 atom stereocenters. The first kappa shape index (κ1) is 17.8. The highest BCUT2D eigenvalue weighted by Crippen LogP contribution is 2.19. The van der Waals surface area contributed by atoms with E-state index < -0.39 is 11.7 Å². The van der Waals surface area contributed by atoms with Crippen molar-refractivity contribution < 1.29 is 13.9 Å². The van der Waals surface area contributed by atoms with Crippen LogP contribution < -0.4 is 15.8 Å². The molecular weight excluding hydrogens is 307 g/mol. The molecule has 0 radical (unpaired) electrons. The topological polar surface area (TPSA) is 64.3 Å². The van der Waals surface area contributed by atoms with Gasteiger partial charge in [-0.2, -0.15) is 0 Å². The number of halogens is 1. The van der Waals surface area contributed by atoms with Crippen LogP contribution in [0.1, 0.15) is 43.0 Å². The van der Waals surface area contributed by atoms with Gasteiger partial charge >= 0.3 is 0 Å². The third kappa shape index (κ3) is 5.26. The summed E-state index contributed by atoms with van der Waals surface area (Å²) in [7, 11) is 0. The first-order valence-electron chi connectivity index (χ1n) is 8.19. The van der Waals surface area contributed by atoms with Gasteiger partial charge in [-0.05, 0) is 48.9 Å². The number of unbranched alkanes of at least 4 members (excludes halogenated alkanes) is 3. The lowest BCUT2D eigenvalue weighted by Gasteiger charge is -2.09. The Labute approximate surface area is 141 Å². The number of nitrogen functional groups attached to an aromatic ring is 1. The molecule has 0 unspecified atom stereocenters. The highest BCUT2D eigenvalue weighted by molar-refractivity contribution is 6.04. The molecule has 1 amide bonds. The molecule has 3 N–H and O–H groups in total. The predicted molar refractivity (Wildman–Crippen MR) is 94.8 cm³/mol. The van der Waals surface area contributed by atoms with Crippen LogP contribution in [0.5, 0.6) is 5.75 Å². The molecule has 2 aromatic carbocycles. The van der Waals surface area contributed by atoms with Crippen LogP contribution >= 0.6 is 0 Å². The number of anilines is 2. The van der Waals surface area contributed by atoms with Gasteiger partial charge in [-0.25, -0.2) is 4.39 Å². The van der Waals surface area contributed by atoms with E-state index in [9.17, 15) is 9.18 Å².